The Labute approximate surface area is 77.8 Å². The van der Waals surface area contributed by atoms with E-state index < -0.39 is 6.23 Å². The van der Waals surface area contributed by atoms with E-state index in [1.54, 1.807) is 6.20 Å². The van der Waals surface area contributed by atoms with Crippen molar-refractivity contribution in [3.05, 3.63) is 23.9 Å². The highest BCUT2D eigenvalue weighted by Crippen LogP contribution is 2.05. The lowest BCUT2D eigenvalue weighted by Crippen LogP contribution is -2.28. The molecule has 0 fully saturated rings. The van der Waals surface area contributed by atoms with E-state index in [1.807, 2.05) is 12.1 Å². The van der Waals surface area contributed by atoms with Crippen molar-refractivity contribution in [2.75, 3.05) is 11.9 Å². The third-order valence-electron chi connectivity index (χ3n) is 1.77. The Kier molecular flexibility index (Phi) is 3.67. The summed E-state index contributed by atoms with van der Waals surface area (Å²) in [6.45, 7) is 2.25. The van der Waals surface area contributed by atoms with Crippen LogP contribution in [0, 0.1) is 0 Å². The van der Waals surface area contributed by atoms with E-state index in [9.17, 15) is 0 Å². The molecule has 4 heteroatoms. The van der Waals surface area contributed by atoms with Crippen LogP contribution in [0.4, 0.5) is 5.82 Å². The van der Waals surface area contributed by atoms with Crippen LogP contribution in [0.1, 0.15) is 12.5 Å². The predicted octanol–water partition coefficient (Wildman–Crippen LogP) is 0.333. The van der Waals surface area contributed by atoms with Gasteiger partial charge in [0.15, 0.2) is 0 Å². The molecule has 1 rings (SSSR count). The van der Waals surface area contributed by atoms with Gasteiger partial charge >= 0.3 is 0 Å². The first-order chi connectivity index (χ1) is 6.26. The Bertz CT molecular complexity index is 248. The molecule has 1 atom stereocenters. The van der Waals surface area contributed by atoms with Crippen LogP contribution in [0.2, 0.25) is 0 Å². The molecule has 0 amide bonds. The van der Waals surface area contributed by atoms with Crippen molar-refractivity contribution in [3.8, 4) is 0 Å². The number of anilines is 1. The number of aliphatic hydroxyl groups is 1. The van der Waals surface area contributed by atoms with Gasteiger partial charge in [-0.2, -0.15) is 0 Å². The summed E-state index contributed by atoms with van der Waals surface area (Å²) < 4.78 is 0. The molecule has 0 aliphatic carbocycles. The first-order valence-electron chi connectivity index (χ1n) is 4.36. The fourth-order valence-electron chi connectivity index (χ4n) is 0.949. The molecule has 0 bridgehead atoms. The molecule has 13 heavy (non-hydrogen) atoms. The summed E-state index contributed by atoms with van der Waals surface area (Å²) in [5.41, 5.74) is 6.41. The number of aliphatic hydroxyl groups excluding tert-OH is 1. The highest BCUT2D eigenvalue weighted by molar-refractivity contribution is 5.35. The highest BCUT2D eigenvalue weighted by Gasteiger charge is 2.00. The van der Waals surface area contributed by atoms with Crippen LogP contribution < -0.4 is 11.1 Å². The highest BCUT2D eigenvalue weighted by atomic mass is 16.3. The van der Waals surface area contributed by atoms with Crippen LogP contribution in [-0.4, -0.2) is 22.9 Å². The van der Waals surface area contributed by atoms with Crippen LogP contribution in [0.5, 0.6) is 0 Å². The first-order valence-corrected chi connectivity index (χ1v) is 4.36. The van der Waals surface area contributed by atoms with Crippen molar-refractivity contribution in [2.45, 2.75) is 19.6 Å². The minimum Gasteiger partial charge on any atom is -0.372 e. The van der Waals surface area contributed by atoms with E-state index in [-0.39, 0.29) is 6.54 Å². The smallest absolute Gasteiger partial charge is 0.137 e. The molecule has 4 nitrogen and oxygen atoms in total. The number of pyridine rings is 1. The predicted molar refractivity (Wildman–Crippen MR) is 52.3 cm³/mol. The molecule has 0 spiro atoms. The van der Waals surface area contributed by atoms with Gasteiger partial charge in [0.05, 0.1) is 0 Å². The number of aryl methyl sites for hydroxylation is 1. The normalized spacial score (nSPS) is 12.5. The Morgan fingerprint density at radius 3 is 2.85 bits per heavy atom. The molecule has 0 saturated carbocycles. The molecule has 1 aromatic rings. The molecule has 1 unspecified atom stereocenters. The lowest BCUT2D eigenvalue weighted by molar-refractivity contribution is 0.211. The Morgan fingerprint density at radius 1 is 1.62 bits per heavy atom. The second kappa shape index (κ2) is 4.79. The van der Waals surface area contributed by atoms with Gasteiger partial charge in [0, 0.05) is 12.7 Å². The van der Waals surface area contributed by atoms with Gasteiger partial charge in [-0.25, -0.2) is 4.98 Å². The van der Waals surface area contributed by atoms with Crippen molar-refractivity contribution in [2.24, 2.45) is 5.73 Å². The van der Waals surface area contributed by atoms with Crippen molar-refractivity contribution >= 4 is 5.82 Å². The van der Waals surface area contributed by atoms with E-state index >= 15 is 0 Å². The average molecular weight is 181 g/mol. The van der Waals surface area contributed by atoms with Gasteiger partial charge in [0.1, 0.15) is 12.0 Å². The summed E-state index contributed by atoms with van der Waals surface area (Å²) in [4.78, 5) is 4.11. The van der Waals surface area contributed by atoms with Crippen molar-refractivity contribution in [1.82, 2.24) is 4.98 Å². The Morgan fingerprint density at radius 2 is 2.38 bits per heavy atom. The Hall–Kier alpha value is -1.13. The fourth-order valence-corrected chi connectivity index (χ4v) is 0.949. The summed E-state index contributed by atoms with van der Waals surface area (Å²) in [6.07, 6.45) is 2.03. The standard InChI is InChI=1S/C9H15N3O/c1-2-7-3-4-8(11-6-7)12-9(13)5-10/h3-4,6,9,13H,2,5,10H2,1H3,(H,11,12). The van der Waals surface area contributed by atoms with Crippen LogP contribution in [0.3, 0.4) is 0 Å². The largest absolute Gasteiger partial charge is 0.372 e. The van der Waals surface area contributed by atoms with Crippen LogP contribution in [0.25, 0.3) is 0 Å². The minimum absolute atomic E-state index is 0.178. The molecule has 0 aliphatic rings. The number of hydrogen-bond acceptors (Lipinski definition) is 4. The van der Waals surface area contributed by atoms with Gasteiger partial charge in [0.25, 0.3) is 0 Å². The average Bonchev–Trinajstić information content (AvgIpc) is 2.19. The van der Waals surface area contributed by atoms with Crippen molar-refractivity contribution in [3.63, 3.8) is 0 Å². The zero-order valence-electron chi connectivity index (χ0n) is 7.70. The van der Waals surface area contributed by atoms with E-state index in [2.05, 4.69) is 17.2 Å². The molecule has 0 saturated heterocycles. The second-order valence-corrected chi connectivity index (χ2v) is 2.80. The van der Waals surface area contributed by atoms with E-state index in [0.717, 1.165) is 6.42 Å². The lowest BCUT2D eigenvalue weighted by atomic mass is 10.2. The third-order valence-corrected chi connectivity index (χ3v) is 1.77. The van der Waals surface area contributed by atoms with Gasteiger partial charge in [0.2, 0.25) is 0 Å². The molecular formula is C9H15N3O. The quantitative estimate of drug-likeness (QED) is 0.585. The lowest BCUT2D eigenvalue weighted by Gasteiger charge is -2.10. The SMILES string of the molecule is CCc1ccc(NC(O)CN)nc1. The molecule has 4 N–H and O–H groups in total. The molecule has 1 aromatic heterocycles. The summed E-state index contributed by atoms with van der Waals surface area (Å²) in [5.74, 6) is 0.648. The zero-order chi connectivity index (χ0) is 9.68. The van der Waals surface area contributed by atoms with E-state index in [1.165, 1.54) is 5.56 Å². The number of nitrogens with two attached hydrogens (primary N) is 1. The number of nitrogens with one attached hydrogen (secondary N) is 1. The summed E-state index contributed by atoms with van der Waals surface area (Å²) in [5, 5.41) is 11.9. The zero-order valence-corrected chi connectivity index (χ0v) is 7.70. The Balaban J connectivity index is 2.58. The third kappa shape index (κ3) is 3.01. The molecular weight excluding hydrogens is 166 g/mol. The van der Waals surface area contributed by atoms with Crippen LogP contribution >= 0.6 is 0 Å². The molecule has 0 radical (unpaired) electrons. The molecule has 0 aromatic carbocycles. The monoisotopic (exact) mass is 181 g/mol. The maximum atomic E-state index is 9.16. The van der Waals surface area contributed by atoms with Gasteiger partial charge in [-0.1, -0.05) is 13.0 Å². The van der Waals surface area contributed by atoms with Gasteiger partial charge in [-0.15, -0.1) is 0 Å². The topological polar surface area (TPSA) is 71.2 Å². The fraction of sp³-hybridized carbons (Fsp3) is 0.444. The number of aromatic nitrogens is 1. The number of rotatable bonds is 4. The second-order valence-electron chi connectivity index (χ2n) is 2.80. The van der Waals surface area contributed by atoms with Crippen molar-refractivity contribution in [1.29, 1.82) is 0 Å². The van der Waals surface area contributed by atoms with E-state index in [0.29, 0.717) is 5.82 Å². The van der Waals surface area contributed by atoms with Crippen LogP contribution in [-0.2, 0) is 6.42 Å². The van der Waals surface area contributed by atoms with Crippen molar-refractivity contribution < 1.29 is 5.11 Å². The van der Waals surface area contributed by atoms with Crippen LogP contribution in [0.15, 0.2) is 18.3 Å². The maximum Gasteiger partial charge on any atom is 0.137 e. The summed E-state index contributed by atoms with van der Waals surface area (Å²) in [7, 11) is 0. The first kappa shape index (κ1) is 9.95. The molecule has 1 heterocycles. The summed E-state index contributed by atoms with van der Waals surface area (Å²) in [6, 6.07) is 3.80. The van der Waals surface area contributed by atoms with Gasteiger partial charge < -0.3 is 16.2 Å². The maximum absolute atomic E-state index is 9.16. The number of nitrogens with zero attached hydrogens (tertiary/aromatic N) is 1. The summed E-state index contributed by atoms with van der Waals surface area (Å²) >= 11 is 0. The van der Waals surface area contributed by atoms with Gasteiger partial charge in [-0.3, -0.25) is 0 Å². The number of hydrogen-bond donors (Lipinski definition) is 3. The van der Waals surface area contributed by atoms with E-state index in [4.69, 9.17) is 10.8 Å². The molecule has 0 aliphatic heterocycles. The minimum atomic E-state index is -0.722. The van der Waals surface area contributed by atoms with Gasteiger partial charge in [-0.05, 0) is 18.1 Å². The molecule has 72 valence electrons.